The Balaban J connectivity index is 1.63. The van der Waals surface area contributed by atoms with Crippen molar-refractivity contribution in [2.45, 2.75) is 17.4 Å². The van der Waals surface area contributed by atoms with E-state index in [-0.39, 0.29) is 10.9 Å². The van der Waals surface area contributed by atoms with Crippen molar-refractivity contribution in [1.82, 2.24) is 15.2 Å². The molecule has 6 nitrogen and oxygen atoms in total. The predicted molar refractivity (Wildman–Crippen MR) is 87.8 cm³/mol. The number of carbonyl (C=O) groups is 1. The molecule has 0 aliphatic rings. The summed E-state index contributed by atoms with van der Waals surface area (Å²) in [7, 11) is 0. The van der Waals surface area contributed by atoms with E-state index in [1.54, 1.807) is 31.5 Å². The third kappa shape index (κ3) is 4.18. The number of hydrogen-bond donors (Lipinski definition) is 1. The third-order valence-corrected chi connectivity index (χ3v) is 4.08. The van der Waals surface area contributed by atoms with Crippen LogP contribution in [0, 0.1) is 11.6 Å². The summed E-state index contributed by atoms with van der Waals surface area (Å²) in [5.41, 5.74) is 0.832. The second kappa shape index (κ2) is 7.39. The van der Waals surface area contributed by atoms with E-state index < -0.39 is 22.8 Å². The number of pyridine rings is 1. The van der Waals surface area contributed by atoms with Crippen molar-refractivity contribution in [3.8, 4) is 11.5 Å². The Hall–Kier alpha value is -2.81. The molecule has 0 spiro atoms. The minimum absolute atomic E-state index is 0.165. The van der Waals surface area contributed by atoms with Crippen LogP contribution in [0.25, 0.3) is 11.5 Å². The van der Waals surface area contributed by atoms with Crippen LogP contribution < -0.4 is 5.32 Å². The molecule has 3 rings (SSSR count). The van der Waals surface area contributed by atoms with Crippen molar-refractivity contribution < 1.29 is 18.0 Å². The van der Waals surface area contributed by atoms with Crippen molar-refractivity contribution in [3.63, 3.8) is 0 Å². The topological polar surface area (TPSA) is 80.9 Å². The van der Waals surface area contributed by atoms with Crippen LogP contribution >= 0.6 is 11.8 Å². The SMILES string of the molecule is C[C@@H](Sc1nnc(-c2cccnc2)o1)C(=O)Nc1ccc(F)c(F)c1. The summed E-state index contributed by atoms with van der Waals surface area (Å²) in [6.07, 6.45) is 3.21. The minimum atomic E-state index is -1.03. The molecule has 0 bridgehead atoms. The summed E-state index contributed by atoms with van der Waals surface area (Å²) in [6, 6.07) is 6.65. The van der Waals surface area contributed by atoms with Crippen LogP contribution in [0.3, 0.4) is 0 Å². The first-order chi connectivity index (χ1) is 12.0. The number of anilines is 1. The highest BCUT2D eigenvalue weighted by Crippen LogP contribution is 2.26. The number of rotatable bonds is 5. The molecule has 1 aromatic carbocycles. The maximum absolute atomic E-state index is 13.2. The number of hydrogen-bond acceptors (Lipinski definition) is 6. The Labute approximate surface area is 145 Å². The Morgan fingerprint density at radius 1 is 1.24 bits per heavy atom. The average Bonchev–Trinajstić information content (AvgIpc) is 3.07. The summed E-state index contributed by atoms with van der Waals surface area (Å²) in [6.45, 7) is 1.63. The molecule has 1 atom stereocenters. The highest BCUT2D eigenvalue weighted by Gasteiger charge is 2.19. The summed E-state index contributed by atoms with van der Waals surface area (Å²) < 4.78 is 31.6. The zero-order chi connectivity index (χ0) is 17.8. The van der Waals surface area contributed by atoms with E-state index in [4.69, 9.17) is 4.42 Å². The number of halogens is 2. The normalized spacial score (nSPS) is 12.0. The molecule has 2 aromatic heterocycles. The number of carbonyl (C=O) groups excluding carboxylic acids is 1. The fourth-order valence-electron chi connectivity index (χ4n) is 1.89. The van der Waals surface area contributed by atoms with Gasteiger partial charge in [-0.25, -0.2) is 8.78 Å². The van der Waals surface area contributed by atoms with Gasteiger partial charge in [0.05, 0.1) is 10.8 Å². The van der Waals surface area contributed by atoms with Gasteiger partial charge in [0.25, 0.3) is 5.22 Å². The van der Waals surface area contributed by atoms with Gasteiger partial charge in [-0.15, -0.1) is 10.2 Å². The van der Waals surface area contributed by atoms with E-state index in [1.807, 2.05) is 0 Å². The Morgan fingerprint density at radius 2 is 2.08 bits per heavy atom. The lowest BCUT2D eigenvalue weighted by Crippen LogP contribution is -2.22. The minimum Gasteiger partial charge on any atom is -0.411 e. The van der Waals surface area contributed by atoms with E-state index in [9.17, 15) is 13.6 Å². The molecule has 128 valence electrons. The highest BCUT2D eigenvalue weighted by atomic mass is 32.2. The van der Waals surface area contributed by atoms with Crippen molar-refractivity contribution >= 4 is 23.4 Å². The third-order valence-electron chi connectivity index (χ3n) is 3.15. The molecule has 2 heterocycles. The zero-order valence-corrected chi connectivity index (χ0v) is 13.8. The largest absolute Gasteiger partial charge is 0.411 e. The van der Waals surface area contributed by atoms with Gasteiger partial charge in [-0.2, -0.15) is 0 Å². The highest BCUT2D eigenvalue weighted by molar-refractivity contribution is 8.00. The molecule has 0 saturated carbocycles. The fourth-order valence-corrected chi connectivity index (χ4v) is 2.57. The Morgan fingerprint density at radius 3 is 2.80 bits per heavy atom. The van der Waals surface area contributed by atoms with Crippen LogP contribution in [0.15, 0.2) is 52.4 Å². The number of nitrogens with one attached hydrogen (secondary N) is 1. The van der Waals surface area contributed by atoms with Gasteiger partial charge in [-0.05, 0) is 31.2 Å². The van der Waals surface area contributed by atoms with Gasteiger partial charge in [0, 0.05) is 24.1 Å². The van der Waals surface area contributed by atoms with Crippen LogP contribution in [0.1, 0.15) is 6.92 Å². The summed E-state index contributed by atoms with van der Waals surface area (Å²) >= 11 is 1.05. The predicted octanol–water partition coefficient (Wildman–Crippen LogP) is 3.53. The molecule has 9 heteroatoms. The molecule has 25 heavy (non-hydrogen) atoms. The first-order valence-corrected chi connectivity index (χ1v) is 8.07. The second-order valence-electron chi connectivity index (χ2n) is 4.99. The van der Waals surface area contributed by atoms with E-state index in [1.165, 1.54) is 6.07 Å². The van der Waals surface area contributed by atoms with Crippen molar-refractivity contribution in [2.24, 2.45) is 0 Å². The number of nitrogens with zero attached hydrogens (tertiary/aromatic N) is 3. The molecular weight excluding hydrogens is 350 g/mol. The summed E-state index contributed by atoms with van der Waals surface area (Å²) in [5, 5.41) is 9.91. The summed E-state index contributed by atoms with van der Waals surface area (Å²) in [5.74, 6) is -2.12. The van der Waals surface area contributed by atoms with Gasteiger partial charge in [-0.3, -0.25) is 9.78 Å². The average molecular weight is 362 g/mol. The van der Waals surface area contributed by atoms with Crippen LogP contribution in [-0.2, 0) is 4.79 Å². The molecular formula is C16H12F2N4O2S. The smallest absolute Gasteiger partial charge is 0.277 e. The fraction of sp³-hybridized carbons (Fsp3) is 0.125. The first kappa shape index (κ1) is 17.0. The van der Waals surface area contributed by atoms with Crippen molar-refractivity contribution in [2.75, 3.05) is 5.32 Å². The van der Waals surface area contributed by atoms with Crippen molar-refractivity contribution in [3.05, 3.63) is 54.4 Å². The van der Waals surface area contributed by atoms with Gasteiger partial charge in [0.1, 0.15) is 0 Å². The van der Waals surface area contributed by atoms with Crippen LogP contribution in [0.2, 0.25) is 0 Å². The van der Waals surface area contributed by atoms with Gasteiger partial charge in [-0.1, -0.05) is 11.8 Å². The lowest BCUT2D eigenvalue weighted by atomic mass is 10.3. The van der Waals surface area contributed by atoms with E-state index in [0.717, 1.165) is 23.9 Å². The monoisotopic (exact) mass is 362 g/mol. The van der Waals surface area contributed by atoms with Gasteiger partial charge < -0.3 is 9.73 Å². The number of aromatic nitrogens is 3. The maximum atomic E-state index is 13.2. The quantitative estimate of drug-likeness (QED) is 0.700. The molecule has 0 aliphatic carbocycles. The standard InChI is InChI=1S/C16H12F2N4O2S/c1-9(14(23)20-11-4-5-12(17)13(18)7-11)25-16-22-21-15(24-16)10-3-2-6-19-8-10/h2-9H,1H3,(H,20,23)/t9-/m1/s1. The first-order valence-electron chi connectivity index (χ1n) is 7.19. The van der Waals surface area contributed by atoms with Gasteiger partial charge >= 0.3 is 0 Å². The Kier molecular flexibility index (Phi) is 5.03. The lowest BCUT2D eigenvalue weighted by Gasteiger charge is -2.10. The van der Waals surface area contributed by atoms with E-state index in [0.29, 0.717) is 11.5 Å². The van der Waals surface area contributed by atoms with E-state index in [2.05, 4.69) is 20.5 Å². The van der Waals surface area contributed by atoms with Gasteiger partial charge in [0.2, 0.25) is 11.8 Å². The Bertz CT molecular complexity index is 889. The molecule has 1 amide bonds. The molecule has 0 unspecified atom stereocenters. The molecule has 0 radical (unpaired) electrons. The molecule has 1 N–H and O–H groups in total. The molecule has 0 fully saturated rings. The molecule has 3 aromatic rings. The number of amides is 1. The number of thioether (sulfide) groups is 1. The second-order valence-corrected chi connectivity index (χ2v) is 6.29. The molecule has 0 saturated heterocycles. The van der Waals surface area contributed by atoms with E-state index >= 15 is 0 Å². The van der Waals surface area contributed by atoms with Crippen LogP contribution in [-0.4, -0.2) is 26.3 Å². The lowest BCUT2D eigenvalue weighted by molar-refractivity contribution is -0.115. The number of benzene rings is 1. The van der Waals surface area contributed by atoms with Crippen molar-refractivity contribution in [1.29, 1.82) is 0 Å². The van der Waals surface area contributed by atoms with Gasteiger partial charge in [0.15, 0.2) is 11.6 Å². The molecule has 0 aliphatic heterocycles. The van der Waals surface area contributed by atoms with Crippen LogP contribution in [0.4, 0.5) is 14.5 Å². The summed E-state index contributed by atoms with van der Waals surface area (Å²) in [4.78, 5) is 16.1. The maximum Gasteiger partial charge on any atom is 0.277 e. The zero-order valence-electron chi connectivity index (χ0n) is 12.9. The van der Waals surface area contributed by atoms with Crippen LogP contribution in [0.5, 0.6) is 0 Å².